The van der Waals surface area contributed by atoms with Crippen LogP contribution in [-0.4, -0.2) is 13.1 Å². The molecule has 0 spiro atoms. The summed E-state index contributed by atoms with van der Waals surface area (Å²) in [6.45, 7) is 4.15. The van der Waals surface area contributed by atoms with Crippen molar-refractivity contribution >= 4 is 17.3 Å². The fourth-order valence-electron chi connectivity index (χ4n) is 1.95. The summed E-state index contributed by atoms with van der Waals surface area (Å²) in [5.74, 6) is -0.261. The summed E-state index contributed by atoms with van der Waals surface area (Å²) in [7, 11) is 1.42. The Morgan fingerprint density at radius 3 is 2.50 bits per heavy atom. The number of thiophene rings is 1. The van der Waals surface area contributed by atoms with E-state index in [1.807, 2.05) is 12.3 Å². The van der Waals surface area contributed by atoms with Gasteiger partial charge in [-0.15, -0.1) is 11.3 Å². The molecule has 18 heavy (non-hydrogen) atoms. The molecule has 0 amide bonds. The molecule has 1 aromatic heterocycles. The molecule has 0 bridgehead atoms. The van der Waals surface area contributed by atoms with E-state index in [-0.39, 0.29) is 5.97 Å². The molecule has 0 aliphatic carbocycles. The highest BCUT2D eigenvalue weighted by molar-refractivity contribution is 7.12. The van der Waals surface area contributed by atoms with E-state index in [2.05, 4.69) is 31.2 Å². The van der Waals surface area contributed by atoms with Crippen molar-refractivity contribution < 1.29 is 9.53 Å². The number of benzene rings is 1. The van der Waals surface area contributed by atoms with Crippen LogP contribution in [0.15, 0.2) is 29.6 Å². The fourth-order valence-corrected chi connectivity index (χ4v) is 2.94. The molecule has 1 aromatic carbocycles. The Balaban J connectivity index is 2.48. The fraction of sp³-hybridized carbons (Fsp3) is 0.267. The van der Waals surface area contributed by atoms with Crippen LogP contribution in [0.4, 0.5) is 0 Å². The van der Waals surface area contributed by atoms with Crippen molar-refractivity contribution in [3.05, 3.63) is 45.6 Å². The Kier molecular flexibility index (Phi) is 3.82. The van der Waals surface area contributed by atoms with Crippen LogP contribution in [0.3, 0.4) is 0 Å². The average Bonchev–Trinajstić information content (AvgIpc) is 2.80. The normalized spacial score (nSPS) is 10.4. The standard InChI is InChI=1S/C15H16O2S/c1-4-11-5-7-12(8-6-11)13-10(2)9-18-14(13)15(16)17-3/h5-9H,4H2,1-3H3. The first-order valence-corrected chi connectivity index (χ1v) is 6.81. The highest BCUT2D eigenvalue weighted by Crippen LogP contribution is 2.33. The quantitative estimate of drug-likeness (QED) is 0.777. The molecule has 0 N–H and O–H groups in total. The zero-order valence-electron chi connectivity index (χ0n) is 10.8. The van der Waals surface area contributed by atoms with Gasteiger partial charge in [0.2, 0.25) is 0 Å². The third kappa shape index (κ3) is 2.31. The van der Waals surface area contributed by atoms with Gasteiger partial charge < -0.3 is 4.74 Å². The van der Waals surface area contributed by atoms with Crippen LogP contribution in [0.25, 0.3) is 11.1 Å². The number of hydrogen-bond donors (Lipinski definition) is 0. The molecular weight excluding hydrogens is 244 g/mol. The first-order valence-electron chi connectivity index (χ1n) is 5.93. The molecule has 2 nitrogen and oxygen atoms in total. The van der Waals surface area contributed by atoms with Crippen molar-refractivity contribution in [1.29, 1.82) is 0 Å². The Morgan fingerprint density at radius 1 is 1.28 bits per heavy atom. The van der Waals surface area contributed by atoms with Crippen LogP contribution in [0.2, 0.25) is 0 Å². The molecule has 0 saturated carbocycles. The lowest BCUT2D eigenvalue weighted by Crippen LogP contribution is -2.00. The molecular formula is C15H16O2S. The Morgan fingerprint density at radius 2 is 1.94 bits per heavy atom. The Labute approximate surface area is 111 Å². The molecule has 0 saturated heterocycles. The van der Waals surface area contributed by atoms with Crippen LogP contribution in [-0.2, 0) is 11.2 Å². The second kappa shape index (κ2) is 5.36. The van der Waals surface area contributed by atoms with Gasteiger partial charge in [0.05, 0.1) is 7.11 Å². The molecule has 2 rings (SSSR count). The lowest BCUT2D eigenvalue weighted by molar-refractivity contribution is 0.0607. The van der Waals surface area contributed by atoms with Crippen LogP contribution < -0.4 is 0 Å². The molecule has 0 atom stereocenters. The minimum Gasteiger partial charge on any atom is -0.465 e. The lowest BCUT2D eigenvalue weighted by Gasteiger charge is -2.05. The van der Waals surface area contributed by atoms with Gasteiger partial charge in [-0.2, -0.15) is 0 Å². The van der Waals surface area contributed by atoms with Crippen LogP contribution >= 0.6 is 11.3 Å². The number of methoxy groups -OCH3 is 1. The SMILES string of the molecule is CCc1ccc(-c2c(C)csc2C(=O)OC)cc1. The smallest absolute Gasteiger partial charge is 0.348 e. The largest absolute Gasteiger partial charge is 0.465 e. The van der Waals surface area contributed by atoms with Crippen molar-refractivity contribution in [2.45, 2.75) is 20.3 Å². The molecule has 2 aromatic rings. The molecule has 0 radical (unpaired) electrons. The zero-order valence-corrected chi connectivity index (χ0v) is 11.6. The van der Waals surface area contributed by atoms with E-state index < -0.39 is 0 Å². The first-order chi connectivity index (χ1) is 8.67. The molecule has 0 fully saturated rings. The van der Waals surface area contributed by atoms with Gasteiger partial charge in [0.15, 0.2) is 0 Å². The third-order valence-corrected chi connectivity index (χ3v) is 4.07. The summed E-state index contributed by atoms with van der Waals surface area (Å²) in [5.41, 5.74) is 4.48. The van der Waals surface area contributed by atoms with E-state index in [1.54, 1.807) is 0 Å². The van der Waals surface area contributed by atoms with Gasteiger partial charge in [-0.25, -0.2) is 4.79 Å². The maximum Gasteiger partial charge on any atom is 0.348 e. The van der Waals surface area contributed by atoms with Gasteiger partial charge in [0.25, 0.3) is 0 Å². The summed E-state index contributed by atoms with van der Waals surface area (Å²) in [5, 5.41) is 2.00. The van der Waals surface area contributed by atoms with Crippen molar-refractivity contribution in [2.75, 3.05) is 7.11 Å². The molecule has 94 valence electrons. The van der Waals surface area contributed by atoms with E-state index in [0.717, 1.165) is 23.1 Å². The topological polar surface area (TPSA) is 26.3 Å². The monoisotopic (exact) mass is 260 g/mol. The van der Waals surface area contributed by atoms with E-state index >= 15 is 0 Å². The molecule has 1 heterocycles. The van der Waals surface area contributed by atoms with Gasteiger partial charge in [-0.1, -0.05) is 31.2 Å². The summed E-state index contributed by atoms with van der Waals surface area (Å²) in [4.78, 5) is 12.4. The minimum absolute atomic E-state index is 0.261. The molecule has 3 heteroatoms. The first kappa shape index (κ1) is 12.8. The van der Waals surface area contributed by atoms with Crippen LogP contribution in [0.1, 0.15) is 27.7 Å². The molecule has 0 aliphatic heterocycles. The number of ether oxygens (including phenoxy) is 1. The maximum atomic E-state index is 11.7. The zero-order chi connectivity index (χ0) is 13.1. The number of hydrogen-bond acceptors (Lipinski definition) is 3. The van der Waals surface area contributed by atoms with Crippen molar-refractivity contribution in [3.8, 4) is 11.1 Å². The summed E-state index contributed by atoms with van der Waals surface area (Å²) < 4.78 is 4.83. The van der Waals surface area contributed by atoms with E-state index in [0.29, 0.717) is 4.88 Å². The van der Waals surface area contributed by atoms with E-state index in [9.17, 15) is 4.79 Å². The van der Waals surface area contributed by atoms with Crippen molar-refractivity contribution in [2.24, 2.45) is 0 Å². The molecule has 0 aliphatic rings. The Bertz CT molecular complexity index is 552. The number of carbonyl (C=O) groups is 1. The second-order valence-electron chi connectivity index (χ2n) is 4.16. The van der Waals surface area contributed by atoms with Crippen molar-refractivity contribution in [1.82, 2.24) is 0 Å². The predicted octanol–water partition coefficient (Wildman–Crippen LogP) is 4.07. The predicted molar refractivity (Wildman–Crippen MR) is 75.2 cm³/mol. The lowest BCUT2D eigenvalue weighted by atomic mass is 10.0. The van der Waals surface area contributed by atoms with Crippen molar-refractivity contribution in [3.63, 3.8) is 0 Å². The molecule has 0 unspecified atom stereocenters. The maximum absolute atomic E-state index is 11.7. The van der Waals surface area contributed by atoms with Gasteiger partial charge in [0, 0.05) is 5.56 Å². The summed E-state index contributed by atoms with van der Waals surface area (Å²) in [6, 6.07) is 8.35. The van der Waals surface area contributed by atoms with E-state index in [4.69, 9.17) is 4.74 Å². The van der Waals surface area contributed by atoms with Gasteiger partial charge in [-0.05, 0) is 35.4 Å². The summed E-state index contributed by atoms with van der Waals surface area (Å²) >= 11 is 1.44. The average molecular weight is 260 g/mol. The number of rotatable bonds is 3. The van der Waals surface area contributed by atoms with E-state index in [1.165, 1.54) is 24.0 Å². The number of carbonyl (C=O) groups excluding carboxylic acids is 1. The Hall–Kier alpha value is -1.61. The number of esters is 1. The van der Waals surface area contributed by atoms with Crippen LogP contribution in [0.5, 0.6) is 0 Å². The van der Waals surface area contributed by atoms with Gasteiger partial charge >= 0.3 is 5.97 Å². The van der Waals surface area contributed by atoms with Crippen LogP contribution in [0, 0.1) is 6.92 Å². The minimum atomic E-state index is -0.261. The summed E-state index contributed by atoms with van der Waals surface area (Å²) in [6.07, 6.45) is 1.02. The number of aryl methyl sites for hydroxylation is 2. The van der Waals surface area contributed by atoms with Gasteiger partial charge in [-0.3, -0.25) is 0 Å². The highest BCUT2D eigenvalue weighted by atomic mass is 32.1. The third-order valence-electron chi connectivity index (χ3n) is 3.00. The second-order valence-corrected chi connectivity index (χ2v) is 5.04. The van der Waals surface area contributed by atoms with Gasteiger partial charge in [0.1, 0.15) is 4.88 Å². The highest BCUT2D eigenvalue weighted by Gasteiger charge is 2.17.